The summed E-state index contributed by atoms with van der Waals surface area (Å²) in [6.07, 6.45) is 4.51. The largest absolute Gasteiger partial charge is 0.463 e. The molecule has 0 saturated heterocycles. The highest BCUT2D eigenvalue weighted by Crippen LogP contribution is 2.17. The number of carbonyl (C=O) groups excluding carboxylic acids is 1. The third-order valence-corrected chi connectivity index (χ3v) is 1.93. The van der Waals surface area contributed by atoms with Crippen molar-refractivity contribution < 1.29 is 9.53 Å². The van der Waals surface area contributed by atoms with Crippen molar-refractivity contribution in [2.75, 3.05) is 6.61 Å². The minimum absolute atomic E-state index is 0.313. The van der Waals surface area contributed by atoms with Crippen LogP contribution in [0.4, 0.5) is 0 Å². The zero-order chi connectivity index (χ0) is 9.97. The molecule has 72 valence electrons. The molecule has 5 heteroatoms. The summed E-state index contributed by atoms with van der Waals surface area (Å²) < 4.78 is 4.88. The molecule has 2 aliphatic rings. The molecule has 0 amide bonds. The summed E-state index contributed by atoms with van der Waals surface area (Å²) in [5.74, 6) is -0.374. The summed E-state index contributed by atoms with van der Waals surface area (Å²) in [6.45, 7) is 2.11. The van der Waals surface area contributed by atoms with Gasteiger partial charge in [-0.05, 0) is 6.92 Å². The smallest absolute Gasteiger partial charge is 0.338 e. The summed E-state index contributed by atoms with van der Waals surface area (Å²) >= 11 is 0. The summed E-state index contributed by atoms with van der Waals surface area (Å²) in [7, 11) is 0. The van der Waals surface area contributed by atoms with E-state index in [0.29, 0.717) is 17.9 Å². The summed E-state index contributed by atoms with van der Waals surface area (Å²) in [6, 6.07) is -0.313. The van der Waals surface area contributed by atoms with Crippen molar-refractivity contribution >= 4 is 24.2 Å². The van der Waals surface area contributed by atoms with Crippen LogP contribution in [0.5, 0.6) is 0 Å². The third-order valence-electron chi connectivity index (χ3n) is 1.93. The Bertz CT molecular complexity index is 380. The second-order valence-electron chi connectivity index (χ2n) is 2.80. The number of hydrogen-bond donors (Lipinski definition) is 0. The average molecular weight is 191 g/mol. The Kier molecular flexibility index (Phi) is 2.22. The van der Waals surface area contributed by atoms with Gasteiger partial charge in [-0.3, -0.25) is 9.98 Å². The minimum atomic E-state index is -0.374. The SMILES string of the molecule is CCOC(=O)C1=CN=CC2=NC=N[C@@H]12. The monoisotopic (exact) mass is 191 g/mol. The van der Waals surface area contributed by atoms with Crippen LogP contribution in [0.1, 0.15) is 6.92 Å². The van der Waals surface area contributed by atoms with Gasteiger partial charge in [0.25, 0.3) is 0 Å². The Morgan fingerprint density at radius 2 is 2.50 bits per heavy atom. The first-order chi connectivity index (χ1) is 6.83. The number of rotatable bonds is 2. The van der Waals surface area contributed by atoms with Crippen molar-refractivity contribution in [3.8, 4) is 0 Å². The lowest BCUT2D eigenvalue weighted by Gasteiger charge is -2.13. The van der Waals surface area contributed by atoms with Gasteiger partial charge in [0.2, 0.25) is 0 Å². The molecule has 0 aromatic rings. The van der Waals surface area contributed by atoms with E-state index in [1.54, 1.807) is 13.1 Å². The quantitative estimate of drug-likeness (QED) is 0.592. The van der Waals surface area contributed by atoms with Crippen LogP contribution in [0, 0.1) is 0 Å². The van der Waals surface area contributed by atoms with Crippen molar-refractivity contribution in [1.29, 1.82) is 0 Å². The molecule has 0 radical (unpaired) electrons. The molecule has 14 heavy (non-hydrogen) atoms. The van der Waals surface area contributed by atoms with E-state index in [2.05, 4.69) is 15.0 Å². The van der Waals surface area contributed by atoms with Crippen LogP contribution in [-0.4, -0.2) is 36.9 Å². The molecule has 0 bridgehead atoms. The Labute approximate surface area is 80.9 Å². The zero-order valence-corrected chi connectivity index (χ0v) is 7.67. The first-order valence-corrected chi connectivity index (χ1v) is 4.32. The Morgan fingerprint density at radius 3 is 3.29 bits per heavy atom. The molecule has 0 spiro atoms. The van der Waals surface area contributed by atoms with Crippen LogP contribution >= 0.6 is 0 Å². The molecule has 2 rings (SSSR count). The van der Waals surface area contributed by atoms with Crippen molar-refractivity contribution in [2.45, 2.75) is 13.0 Å². The number of fused-ring (bicyclic) bond motifs is 1. The maximum Gasteiger partial charge on any atom is 0.338 e. The van der Waals surface area contributed by atoms with Gasteiger partial charge in [-0.2, -0.15) is 0 Å². The lowest BCUT2D eigenvalue weighted by atomic mass is 10.0. The Balaban J connectivity index is 2.23. The van der Waals surface area contributed by atoms with Crippen LogP contribution in [-0.2, 0) is 9.53 Å². The third kappa shape index (κ3) is 1.37. The lowest BCUT2D eigenvalue weighted by molar-refractivity contribution is -0.138. The molecule has 5 nitrogen and oxygen atoms in total. The number of nitrogens with zero attached hydrogens (tertiary/aromatic N) is 3. The summed E-state index contributed by atoms with van der Waals surface area (Å²) in [4.78, 5) is 23.4. The van der Waals surface area contributed by atoms with Crippen LogP contribution in [0.2, 0.25) is 0 Å². The summed E-state index contributed by atoms with van der Waals surface area (Å²) in [5, 5.41) is 0. The predicted octanol–water partition coefficient (Wildman–Crippen LogP) is 0.369. The first-order valence-electron chi connectivity index (χ1n) is 4.32. The predicted molar refractivity (Wildman–Crippen MR) is 52.9 cm³/mol. The number of aliphatic imine (C=N–C) groups is 3. The van der Waals surface area contributed by atoms with Crippen molar-refractivity contribution in [3.05, 3.63) is 11.8 Å². The fraction of sp³-hybridized carbons (Fsp3) is 0.333. The van der Waals surface area contributed by atoms with Gasteiger partial charge in [0.05, 0.1) is 24.1 Å². The Morgan fingerprint density at radius 1 is 1.64 bits per heavy atom. The van der Waals surface area contributed by atoms with E-state index in [0.717, 1.165) is 0 Å². The topological polar surface area (TPSA) is 63.4 Å². The van der Waals surface area contributed by atoms with E-state index in [9.17, 15) is 4.79 Å². The molecule has 0 aromatic carbocycles. The van der Waals surface area contributed by atoms with Crippen LogP contribution in [0.3, 0.4) is 0 Å². The summed E-state index contributed by atoms with van der Waals surface area (Å²) in [5.41, 5.74) is 1.14. The zero-order valence-electron chi connectivity index (χ0n) is 7.67. The normalized spacial score (nSPS) is 22.8. The van der Waals surface area contributed by atoms with Crippen molar-refractivity contribution in [2.24, 2.45) is 15.0 Å². The molecule has 0 saturated carbocycles. The second-order valence-corrected chi connectivity index (χ2v) is 2.80. The standard InChI is InChI=1S/C9H9N3O2/c1-2-14-9(13)6-3-10-4-7-8(6)12-5-11-7/h3-5,8H,2H2,1H3/t8-/m0/s1. The van der Waals surface area contributed by atoms with E-state index in [4.69, 9.17) is 4.74 Å². The fourth-order valence-corrected chi connectivity index (χ4v) is 1.30. The molecule has 1 atom stereocenters. The van der Waals surface area contributed by atoms with Crippen LogP contribution < -0.4 is 0 Å². The second kappa shape index (κ2) is 3.53. The molecule has 2 aliphatic heterocycles. The van der Waals surface area contributed by atoms with E-state index >= 15 is 0 Å². The first kappa shape index (κ1) is 8.80. The number of hydrogen-bond acceptors (Lipinski definition) is 5. The molecule has 0 fully saturated rings. The molecule has 0 unspecified atom stereocenters. The molecular formula is C9H9N3O2. The van der Waals surface area contributed by atoms with Gasteiger partial charge < -0.3 is 4.74 Å². The van der Waals surface area contributed by atoms with E-state index < -0.39 is 0 Å². The highest BCUT2D eigenvalue weighted by Gasteiger charge is 2.29. The van der Waals surface area contributed by atoms with E-state index in [-0.39, 0.29) is 12.0 Å². The molecule has 0 aromatic heterocycles. The maximum atomic E-state index is 11.4. The Hall–Kier alpha value is -1.78. The highest BCUT2D eigenvalue weighted by atomic mass is 16.5. The molecule has 0 N–H and O–H groups in total. The van der Waals surface area contributed by atoms with Gasteiger partial charge in [-0.25, -0.2) is 9.79 Å². The van der Waals surface area contributed by atoms with Crippen LogP contribution in [0.15, 0.2) is 26.8 Å². The van der Waals surface area contributed by atoms with E-state index in [1.165, 1.54) is 12.5 Å². The van der Waals surface area contributed by atoms with Gasteiger partial charge in [-0.15, -0.1) is 0 Å². The number of esters is 1. The van der Waals surface area contributed by atoms with Gasteiger partial charge in [0, 0.05) is 6.20 Å². The van der Waals surface area contributed by atoms with Crippen LogP contribution in [0.25, 0.3) is 0 Å². The van der Waals surface area contributed by atoms with Gasteiger partial charge in [-0.1, -0.05) is 0 Å². The van der Waals surface area contributed by atoms with Gasteiger partial charge in [0.15, 0.2) is 0 Å². The minimum Gasteiger partial charge on any atom is -0.463 e. The number of carbonyl (C=O) groups is 1. The van der Waals surface area contributed by atoms with Gasteiger partial charge >= 0.3 is 5.97 Å². The van der Waals surface area contributed by atoms with Crippen molar-refractivity contribution in [1.82, 2.24) is 0 Å². The number of ether oxygens (including phenoxy) is 1. The molecular weight excluding hydrogens is 182 g/mol. The highest BCUT2D eigenvalue weighted by molar-refractivity contribution is 6.38. The van der Waals surface area contributed by atoms with Gasteiger partial charge in [0.1, 0.15) is 12.4 Å². The average Bonchev–Trinajstić information content (AvgIpc) is 2.65. The fourth-order valence-electron chi connectivity index (χ4n) is 1.30. The molecule has 0 aliphatic carbocycles. The van der Waals surface area contributed by atoms with Crippen molar-refractivity contribution in [3.63, 3.8) is 0 Å². The maximum absolute atomic E-state index is 11.4. The van der Waals surface area contributed by atoms with E-state index in [1.807, 2.05) is 0 Å². The molecule has 2 heterocycles. The lowest BCUT2D eigenvalue weighted by Crippen LogP contribution is -2.27.